The average Bonchev–Trinajstić information content (AvgIpc) is 2.57. The zero-order chi connectivity index (χ0) is 17.5. The molecule has 0 spiro atoms. The highest BCUT2D eigenvalue weighted by Gasteiger charge is 2.09. The van der Waals surface area contributed by atoms with Crippen LogP contribution < -0.4 is 0 Å². The van der Waals surface area contributed by atoms with Crippen LogP contribution in [0.2, 0.25) is 0 Å². The van der Waals surface area contributed by atoms with Gasteiger partial charge in [0.15, 0.2) is 0 Å². The minimum absolute atomic E-state index is 0.0322. The molecule has 0 aliphatic carbocycles. The van der Waals surface area contributed by atoms with Gasteiger partial charge in [-0.05, 0) is 70.1 Å². The Morgan fingerprint density at radius 1 is 0.833 bits per heavy atom. The second kappa shape index (κ2) is 9.05. The first-order valence-corrected chi connectivity index (χ1v) is 9.00. The molecule has 3 aromatic carbocycles. The molecule has 0 atom stereocenters. The second-order valence-corrected chi connectivity index (χ2v) is 6.99. The second-order valence-electron chi connectivity index (χ2n) is 4.98. The number of aliphatic hydroxyl groups is 1. The highest BCUT2D eigenvalue weighted by atomic mass is 127. The third-order valence-electron chi connectivity index (χ3n) is 3.20. The van der Waals surface area contributed by atoms with Crippen molar-refractivity contribution in [1.82, 2.24) is 0 Å². The number of aliphatic hydroxyl groups excluding tert-OH is 1. The van der Waals surface area contributed by atoms with Crippen LogP contribution >= 0.6 is 38.5 Å². The summed E-state index contributed by atoms with van der Waals surface area (Å²) in [5.74, 6) is 0.578. The third-order valence-corrected chi connectivity index (χ3v) is 4.67. The van der Waals surface area contributed by atoms with Gasteiger partial charge in [0.1, 0.15) is 11.5 Å². The van der Waals surface area contributed by atoms with E-state index >= 15 is 0 Å². The fourth-order valence-corrected chi connectivity index (χ4v) is 4.16. The van der Waals surface area contributed by atoms with Crippen LogP contribution in [0.3, 0.4) is 0 Å². The standard InChI is InChI=1S/C13H10BrIO2.C6H6O/c14-11-5-8(7-16)6-12(15)13(11)9-1-3-10(17)4-2-9;7-6-4-2-1-3-5-6/h1-6,16-17H,7H2;1-5,7H. The maximum absolute atomic E-state index is 9.28. The lowest BCUT2D eigenvalue weighted by atomic mass is 10.0. The van der Waals surface area contributed by atoms with Crippen molar-refractivity contribution in [3.63, 3.8) is 0 Å². The number of benzene rings is 3. The first kappa shape index (κ1) is 18.8. The molecule has 5 heteroatoms. The normalized spacial score (nSPS) is 9.96. The smallest absolute Gasteiger partial charge is 0.115 e. The molecule has 0 unspecified atom stereocenters. The van der Waals surface area contributed by atoms with Gasteiger partial charge in [-0.15, -0.1) is 0 Å². The van der Waals surface area contributed by atoms with Crippen LogP contribution in [0.15, 0.2) is 71.2 Å². The van der Waals surface area contributed by atoms with Crippen LogP contribution in [0.1, 0.15) is 5.56 Å². The van der Waals surface area contributed by atoms with Crippen molar-refractivity contribution in [3.8, 4) is 22.6 Å². The predicted molar refractivity (Wildman–Crippen MR) is 108 cm³/mol. The van der Waals surface area contributed by atoms with E-state index in [-0.39, 0.29) is 12.4 Å². The molecular formula is C19H16BrIO3. The summed E-state index contributed by atoms with van der Waals surface area (Å²) < 4.78 is 2.01. The van der Waals surface area contributed by atoms with Gasteiger partial charge in [-0.1, -0.05) is 46.3 Å². The van der Waals surface area contributed by atoms with Crippen LogP contribution in [0.4, 0.5) is 0 Å². The van der Waals surface area contributed by atoms with Crippen LogP contribution in [0, 0.1) is 3.57 Å². The van der Waals surface area contributed by atoms with Gasteiger partial charge in [0.2, 0.25) is 0 Å². The zero-order valence-electron chi connectivity index (χ0n) is 12.7. The Morgan fingerprint density at radius 2 is 1.42 bits per heavy atom. The Labute approximate surface area is 162 Å². The molecule has 124 valence electrons. The Bertz CT molecular complexity index is 766. The lowest BCUT2D eigenvalue weighted by Crippen LogP contribution is -1.90. The molecule has 0 radical (unpaired) electrons. The molecule has 0 saturated heterocycles. The van der Waals surface area contributed by atoms with Crippen molar-refractivity contribution in [2.24, 2.45) is 0 Å². The van der Waals surface area contributed by atoms with Gasteiger partial charge in [-0.25, -0.2) is 0 Å². The first-order chi connectivity index (χ1) is 11.5. The fraction of sp³-hybridized carbons (Fsp3) is 0.0526. The zero-order valence-corrected chi connectivity index (χ0v) is 16.4. The third kappa shape index (κ3) is 5.22. The van der Waals surface area contributed by atoms with Crippen LogP contribution in [-0.4, -0.2) is 15.3 Å². The summed E-state index contributed by atoms with van der Waals surface area (Å²) in [6, 6.07) is 19.6. The monoisotopic (exact) mass is 498 g/mol. The van der Waals surface area contributed by atoms with E-state index in [1.54, 1.807) is 36.4 Å². The summed E-state index contributed by atoms with van der Waals surface area (Å²) in [5, 5.41) is 27.0. The Morgan fingerprint density at radius 3 is 1.88 bits per heavy atom. The molecule has 24 heavy (non-hydrogen) atoms. The minimum atomic E-state index is 0.0322. The molecule has 0 bridgehead atoms. The van der Waals surface area contributed by atoms with Gasteiger partial charge in [-0.3, -0.25) is 0 Å². The van der Waals surface area contributed by atoms with E-state index in [2.05, 4.69) is 38.5 Å². The SMILES string of the molecule is OCc1cc(Br)c(-c2ccc(O)cc2)c(I)c1.Oc1ccccc1. The molecule has 3 rings (SSSR count). The van der Waals surface area contributed by atoms with E-state index < -0.39 is 0 Å². The van der Waals surface area contributed by atoms with Gasteiger partial charge in [-0.2, -0.15) is 0 Å². The van der Waals surface area contributed by atoms with E-state index in [1.165, 1.54) is 0 Å². The number of hydrogen-bond donors (Lipinski definition) is 3. The summed E-state index contributed by atoms with van der Waals surface area (Å²) in [4.78, 5) is 0. The number of phenolic OH excluding ortho intramolecular Hbond substituents is 2. The number of hydrogen-bond acceptors (Lipinski definition) is 3. The lowest BCUT2D eigenvalue weighted by Gasteiger charge is -2.10. The van der Waals surface area contributed by atoms with Crippen molar-refractivity contribution < 1.29 is 15.3 Å². The summed E-state index contributed by atoms with van der Waals surface area (Å²) in [6.45, 7) is 0.0322. The van der Waals surface area contributed by atoms with Gasteiger partial charge in [0.25, 0.3) is 0 Å². The topological polar surface area (TPSA) is 60.7 Å². The number of para-hydroxylation sites is 1. The van der Waals surface area contributed by atoms with E-state index in [0.717, 1.165) is 24.7 Å². The average molecular weight is 499 g/mol. The van der Waals surface area contributed by atoms with Gasteiger partial charge < -0.3 is 15.3 Å². The molecule has 0 heterocycles. The van der Waals surface area contributed by atoms with Crippen LogP contribution in [0.5, 0.6) is 11.5 Å². The predicted octanol–water partition coefficient (Wildman–Crippen LogP) is 5.31. The molecule has 0 amide bonds. The highest BCUT2D eigenvalue weighted by molar-refractivity contribution is 14.1. The summed E-state index contributed by atoms with van der Waals surface area (Å²) in [6.07, 6.45) is 0. The highest BCUT2D eigenvalue weighted by Crippen LogP contribution is 2.34. The maximum atomic E-state index is 9.28. The van der Waals surface area contributed by atoms with E-state index in [4.69, 9.17) is 10.2 Å². The molecule has 0 aliphatic heterocycles. The molecule has 3 N–H and O–H groups in total. The Hall–Kier alpha value is -1.57. The summed E-state index contributed by atoms with van der Waals surface area (Å²) >= 11 is 5.76. The van der Waals surface area contributed by atoms with Crippen LogP contribution in [0.25, 0.3) is 11.1 Å². The van der Waals surface area contributed by atoms with E-state index in [9.17, 15) is 5.11 Å². The lowest BCUT2D eigenvalue weighted by molar-refractivity contribution is 0.281. The molecule has 0 saturated carbocycles. The van der Waals surface area contributed by atoms with Gasteiger partial charge in [0.05, 0.1) is 6.61 Å². The first-order valence-electron chi connectivity index (χ1n) is 7.13. The molecule has 0 fully saturated rings. The van der Waals surface area contributed by atoms with Gasteiger partial charge in [0, 0.05) is 13.6 Å². The largest absolute Gasteiger partial charge is 0.508 e. The number of phenols is 2. The van der Waals surface area contributed by atoms with E-state index in [1.807, 2.05) is 30.3 Å². The van der Waals surface area contributed by atoms with E-state index in [0.29, 0.717) is 5.75 Å². The fourth-order valence-electron chi connectivity index (χ4n) is 2.05. The summed E-state index contributed by atoms with van der Waals surface area (Å²) in [5.41, 5.74) is 2.98. The molecule has 3 nitrogen and oxygen atoms in total. The minimum Gasteiger partial charge on any atom is -0.508 e. The van der Waals surface area contributed by atoms with Crippen molar-refractivity contribution in [1.29, 1.82) is 0 Å². The molecule has 0 aromatic heterocycles. The number of rotatable bonds is 2. The Kier molecular flexibility index (Phi) is 7.08. The number of aromatic hydroxyl groups is 2. The molecular weight excluding hydrogens is 483 g/mol. The van der Waals surface area contributed by atoms with Crippen molar-refractivity contribution >= 4 is 38.5 Å². The van der Waals surface area contributed by atoms with Gasteiger partial charge >= 0.3 is 0 Å². The molecule has 3 aromatic rings. The quantitative estimate of drug-likeness (QED) is 0.419. The van der Waals surface area contributed by atoms with Crippen molar-refractivity contribution in [3.05, 3.63) is 80.3 Å². The van der Waals surface area contributed by atoms with Crippen molar-refractivity contribution in [2.75, 3.05) is 0 Å². The van der Waals surface area contributed by atoms with Crippen LogP contribution in [-0.2, 0) is 6.61 Å². The molecule has 0 aliphatic rings. The van der Waals surface area contributed by atoms with Crippen molar-refractivity contribution in [2.45, 2.75) is 6.61 Å². The summed E-state index contributed by atoms with van der Waals surface area (Å²) in [7, 11) is 0. The maximum Gasteiger partial charge on any atom is 0.115 e. The number of halogens is 2. The Balaban J connectivity index is 0.000000249.